The minimum absolute atomic E-state index is 0.0278. The lowest BCUT2D eigenvalue weighted by molar-refractivity contribution is -0.124. The summed E-state index contributed by atoms with van der Waals surface area (Å²) in [5.74, 6) is -0.880. The first-order valence-electron chi connectivity index (χ1n) is 7.43. The van der Waals surface area contributed by atoms with Crippen molar-refractivity contribution in [3.05, 3.63) is 23.9 Å². The molecule has 0 bridgehead atoms. The van der Waals surface area contributed by atoms with Gasteiger partial charge in [-0.05, 0) is 13.8 Å². The predicted octanol–water partition coefficient (Wildman–Crippen LogP) is 4.17. The van der Waals surface area contributed by atoms with Gasteiger partial charge in [0.15, 0.2) is 0 Å². The number of hydrogen-bond acceptors (Lipinski definition) is 3. The van der Waals surface area contributed by atoms with Gasteiger partial charge in [0.2, 0.25) is 0 Å². The first-order valence-corrected chi connectivity index (χ1v) is 7.43. The standard InChI is InChI=1S/C5H6N2O2.C3H6.4C2H6/c1-2-3(6)5(9)7-4(2)8;1-3-2;4*1-2/h1H3,(H3,6,7,8,9);3H,1H2,2H3;4*1-2H3. The van der Waals surface area contributed by atoms with Crippen LogP contribution in [-0.4, -0.2) is 11.8 Å². The number of nitrogens with two attached hydrogens (primary N) is 1. The molecule has 2 amide bonds. The first-order chi connectivity index (χ1) is 9.54. The van der Waals surface area contributed by atoms with Gasteiger partial charge in [-0.1, -0.05) is 61.5 Å². The van der Waals surface area contributed by atoms with Crippen LogP contribution in [0, 0.1) is 0 Å². The Hall–Kier alpha value is -1.58. The Morgan fingerprint density at radius 2 is 1.15 bits per heavy atom. The van der Waals surface area contributed by atoms with Crippen LogP contribution >= 0.6 is 0 Å². The van der Waals surface area contributed by atoms with Crippen LogP contribution in [0.25, 0.3) is 0 Å². The number of nitrogens with one attached hydrogen (secondary N) is 1. The molecule has 0 saturated heterocycles. The van der Waals surface area contributed by atoms with E-state index in [0.29, 0.717) is 5.57 Å². The number of rotatable bonds is 0. The number of amides is 2. The molecule has 1 aliphatic rings. The van der Waals surface area contributed by atoms with Crippen LogP contribution in [0.3, 0.4) is 0 Å². The van der Waals surface area contributed by atoms with E-state index in [9.17, 15) is 9.59 Å². The van der Waals surface area contributed by atoms with Crippen molar-refractivity contribution >= 4 is 11.8 Å². The van der Waals surface area contributed by atoms with Crippen LogP contribution < -0.4 is 11.1 Å². The molecule has 0 spiro atoms. The van der Waals surface area contributed by atoms with Gasteiger partial charge in [-0.15, -0.1) is 6.58 Å². The molecule has 0 radical (unpaired) electrons. The zero-order valence-corrected chi connectivity index (χ0v) is 15.2. The summed E-state index contributed by atoms with van der Waals surface area (Å²) in [4.78, 5) is 21.0. The molecule has 20 heavy (non-hydrogen) atoms. The van der Waals surface area contributed by atoms with Crippen LogP contribution in [0.1, 0.15) is 69.2 Å². The van der Waals surface area contributed by atoms with Crippen LogP contribution in [0.2, 0.25) is 0 Å². The van der Waals surface area contributed by atoms with Crippen molar-refractivity contribution < 1.29 is 9.59 Å². The molecular weight excluding hydrogens is 252 g/mol. The van der Waals surface area contributed by atoms with E-state index in [-0.39, 0.29) is 5.70 Å². The molecule has 0 aromatic carbocycles. The highest BCUT2D eigenvalue weighted by Crippen LogP contribution is 2.04. The molecule has 0 aromatic heterocycles. The maximum absolute atomic E-state index is 10.5. The van der Waals surface area contributed by atoms with Gasteiger partial charge in [0.25, 0.3) is 11.8 Å². The second kappa shape index (κ2) is 30.4. The molecule has 0 atom stereocenters. The smallest absolute Gasteiger partial charge is 0.274 e. The Morgan fingerprint density at radius 3 is 1.20 bits per heavy atom. The van der Waals surface area contributed by atoms with Gasteiger partial charge in [0.1, 0.15) is 5.70 Å². The fraction of sp³-hybridized carbons (Fsp3) is 0.625. The fourth-order valence-corrected chi connectivity index (χ4v) is 0.557. The lowest BCUT2D eigenvalue weighted by Gasteiger charge is -1.84. The summed E-state index contributed by atoms with van der Waals surface area (Å²) in [6.07, 6.45) is 1.75. The van der Waals surface area contributed by atoms with Crippen LogP contribution in [0.4, 0.5) is 0 Å². The Morgan fingerprint density at radius 1 is 0.900 bits per heavy atom. The fourth-order valence-electron chi connectivity index (χ4n) is 0.557. The number of imide groups is 1. The maximum atomic E-state index is 10.5. The summed E-state index contributed by atoms with van der Waals surface area (Å²) in [6.45, 7) is 22.8. The Bertz CT molecular complexity index is 235. The highest BCUT2D eigenvalue weighted by atomic mass is 16.2. The van der Waals surface area contributed by atoms with Crippen molar-refractivity contribution in [3.63, 3.8) is 0 Å². The van der Waals surface area contributed by atoms with Gasteiger partial charge in [-0.3, -0.25) is 14.9 Å². The molecule has 3 N–H and O–H groups in total. The third kappa shape index (κ3) is 18.8. The molecule has 1 aliphatic heterocycles. The highest BCUT2D eigenvalue weighted by Gasteiger charge is 2.23. The second-order valence-electron chi connectivity index (χ2n) is 2.23. The van der Waals surface area contributed by atoms with Crippen molar-refractivity contribution in [2.75, 3.05) is 0 Å². The van der Waals surface area contributed by atoms with E-state index in [2.05, 4.69) is 6.58 Å². The topological polar surface area (TPSA) is 72.2 Å². The Kier molecular flexibility index (Phi) is 47.3. The summed E-state index contributed by atoms with van der Waals surface area (Å²) in [5, 5.41) is 2.04. The zero-order chi connectivity index (χ0) is 17.7. The van der Waals surface area contributed by atoms with E-state index in [1.54, 1.807) is 6.08 Å². The van der Waals surface area contributed by atoms with Gasteiger partial charge >= 0.3 is 0 Å². The van der Waals surface area contributed by atoms with Gasteiger partial charge in [-0.25, -0.2) is 0 Å². The molecule has 1 rings (SSSR count). The SMILES string of the molecule is C=CC.CC.CC.CC.CC.CC1=C(N)C(=O)NC1=O. The maximum Gasteiger partial charge on any atom is 0.274 e. The van der Waals surface area contributed by atoms with Crippen LogP contribution in [0.15, 0.2) is 23.9 Å². The zero-order valence-electron chi connectivity index (χ0n) is 15.2. The molecule has 0 fully saturated rings. The number of allylic oxidation sites excluding steroid dienone is 1. The normalized spacial score (nSPS) is 10.3. The van der Waals surface area contributed by atoms with Gasteiger partial charge in [0.05, 0.1) is 0 Å². The van der Waals surface area contributed by atoms with Gasteiger partial charge in [-0.2, -0.15) is 0 Å². The van der Waals surface area contributed by atoms with E-state index in [4.69, 9.17) is 5.73 Å². The molecule has 4 heteroatoms. The van der Waals surface area contributed by atoms with Crippen molar-refractivity contribution in [1.82, 2.24) is 5.32 Å². The molecule has 122 valence electrons. The molecule has 0 aliphatic carbocycles. The van der Waals surface area contributed by atoms with E-state index < -0.39 is 11.8 Å². The molecule has 0 unspecified atom stereocenters. The lowest BCUT2D eigenvalue weighted by atomic mass is 10.3. The van der Waals surface area contributed by atoms with Crippen molar-refractivity contribution in [1.29, 1.82) is 0 Å². The van der Waals surface area contributed by atoms with Crippen LogP contribution in [-0.2, 0) is 9.59 Å². The molecule has 0 aromatic rings. The number of hydrogen-bond donors (Lipinski definition) is 2. The summed E-state index contributed by atoms with van der Waals surface area (Å²) < 4.78 is 0. The van der Waals surface area contributed by atoms with E-state index >= 15 is 0 Å². The van der Waals surface area contributed by atoms with E-state index in [0.717, 1.165) is 0 Å². The summed E-state index contributed by atoms with van der Waals surface area (Å²) in [5.41, 5.74) is 5.49. The average molecular weight is 288 g/mol. The summed E-state index contributed by atoms with van der Waals surface area (Å²) >= 11 is 0. The average Bonchev–Trinajstić information content (AvgIpc) is 2.74. The first kappa shape index (κ1) is 31.0. The molecule has 0 saturated carbocycles. The monoisotopic (exact) mass is 288 g/mol. The third-order valence-corrected chi connectivity index (χ3v) is 1.22. The second-order valence-corrected chi connectivity index (χ2v) is 2.23. The van der Waals surface area contributed by atoms with Gasteiger partial charge in [0, 0.05) is 5.57 Å². The lowest BCUT2D eigenvalue weighted by Crippen LogP contribution is -2.24. The van der Waals surface area contributed by atoms with Gasteiger partial charge < -0.3 is 5.73 Å². The van der Waals surface area contributed by atoms with E-state index in [1.165, 1.54) is 6.92 Å². The van der Waals surface area contributed by atoms with E-state index in [1.807, 2.05) is 67.6 Å². The molecule has 4 nitrogen and oxygen atoms in total. The number of carbonyl (C=O) groups is 2. The van der Waals surface area contributed by atoms with Crippen molar-refractivity contribution in [3.8, 4) is 0 Å². The Labute approximate surface area is 126 Å². The quantitative estimate of drug-likeness (QED) is 0.519. The third-order valence-electron chi connectivity index (χ3n) is 1.22. The predicted molar refractivity (Wildman–Crippen MR) is 91.3 cm³/mol. The summed E-state index contributed by atoms with van der Waals surface area (Å²) in [6, 6.07) is 0. The molecule has 1 heterocycles. The highest BCUT2D eigenvalue weighted by molar-refractivity contribution is 6.18. The van der Waals surface area contributed by atoms with Crippen molar-refractivity contribution in [2.45, 2.75) is 69.2 Å². The van der Waals surface area contributed by atoms with Crippen molar-refractivity contribution in [2.24, 2.45) is 5.73 Å². The molecular formula is C16H36N2O2. The minimum Gasteiger partial charge on any atom is -0.394 e. The summed E-state index contributed by atoms with van der Waals surface area (Å²) in [7, 11) is 0. The largest absolute Gasteiger partial charge is 0.394 e. The Balaban J connectivity index is -0.0000000579. The van der Waals surface area contributed by atoms with Crippen LogP contribution in [0.5, 0.6) is 0 Å². The minimum atomic E-state index is -0.488. The number of carbonyl (C=O) groups excluding carboxylic acids is 2.